The molecule has 3 heterocycles. The van der Waals surface area contributed by atoms with Crippen LogP contribution < -0.4 is 9.47 Å². The van der Waals surface area contributed by atoms with Crippen LogP contribution in [0.4, 0.5) is 4.79 Å². The molecule has 2 atom stereocenters. The van der Waals surface area contributed by atoms with Crippen LogP contribution in [-0.2, 0) is 7.05 Å². The molecule has 0 bridgehead atoms. The SMILES string of the molecule is COc1cc2ncnc(-c3cn(C)nc3-c3ccccc3)c2cc1OC(=O)N1[C@H](C)CN(C)C[C@H]1C. The molecule has 1 fully saturated rings. The largest absolute Gasteiger partial charge is 0.493 e. The first-order valence-electron chi connectivity index (χ1n) is 12.0. The lowest BCUT2D eigenvalue weighted by Crippen LogP contribution is -2.58. The van der Waals surface area contributed by atoms with E-state index in [9.17, 15) is 4.79 Å². The summed E-state index contributed by atoms with van der Waals surface area (Å²) >= 11 is 0. The molecule has 0 unspecified atom stereocenters. The molecule has 2 aromatic carbocycles. The molecule has 186 valence electrons. The van der Waals surface area contributed by atoms with Crippen LogP contribution in [0.3, 0.4) is 0 Å². The highest BCUT2D eigenvalue weighted by Crippen LogP contribution is 2.38. The van der Waals surface area contributed by atoms with Gasteiger partial charge in [0.15, 0.2) is 11.5 Å². The lowest BCUT2D eigenvalue weighted by atomic mass is 10.0. The highest BCUT2D eigenvalue weighted by atomic mass is 16.6. The van der Waals surface area contributed by atoms with Gasteiger partial charge in [0.05, 0.1) is 18.3 Å². The Morgan fingerprint density at radius 2 is 1.69 bits per heavy atom. The maximum atomic E-state index is 13.3. The van der Waals surface area contributed by atoms with Crippen molar-refractivity contribution in [2.24, 2.45) is 7.05 Å². The molecular weight excluding hydrogens is 456 g/mol. The normalized spacial score (nSPS) is 18.4. The van der Waals surface area contributed by atoms with Crippen LogP contribution in [0.15, 0.2) is 55.0 Å². The van der Waals surface area contributed by atoms with Gasteiger partial charge in [-0.2, -0.15) is 5.10 Å². The van der Waals surface area contributed by atoms with E-state index >= 15 is 0 Å². The number of nitrogens with zero attached hydrogens (tertiary/aromatic N) is 6. The molecule has 1 aliphatic heterocycles. The lowest BCUT2D eigenvalue weighted by Gasteiger charge is -2.42. The van der Waals surface area contributed by atoms with Crippen LogP contribution in [0, 0.1) is 0 Å². The van der Waals surface area contributed by atoms with Crippen molar-refractivity contribution in [3.05, 3.63) is 55.0 Å². The number of aromatic nitrogens is 4. The highest BCUT2D eigenvalue weighted by molar-refractivity contribution is 5.97. The third-order valence-corrected chi connectivity index (χ3v) is 6.56. The number of carbonyl (C=O) groups excluding carboxylic acids is 1. The van der Waals surface area contributed by atoms with Crippen molar-refractivity contribution in [3.63, 3.8) is 0 Å². The van der Waals surface area contributed by atoms with Crippen LogP contribution >= 0.6 is 0 Å². The minimum Gasteiger partial charge on any atom is -0.493 e. The number of hydrogen-bond donors (Lipinski definition) is 0. The summed E-state index contributed by atoms with van der Waals surface area (Å²) in [5.41, 5.74) is 4.04. The first kappa shape index (κ1) is 23.7. The molecule has 0 saturated carbocycles. The summed E-state index contributed by atoms with van der Waals surface area (Å²) in [6.45, 7) is 5.64. The van der Waals surface area contributed by atoms with E-state index in [0.717, 1.165) is 35.3 Å². The van der Waals surface area contributed by atoms with Gasteiger partial charge in [0, 0.05) is 61.0 Å². The van der Waals surface area contributed by atoms with E-state index in [4.69, 9.17) is 9.47 Å². The Morgan fingerprint density at radius 1 is 0.972 bits per heavy atom. The predicted octanol–water partition coefficient (Wildman–Crippen LogP) is 4.23. The Bertz CT molecular complexity index is 1390. The van der Waals surface area contributed by atoms with Crippen molar-refractivity contribution in [1.29, 1.82) is 0 Å². The molecule has 0 spiro atoms. The third-order valence-electron chi connectivity index (χ3n) is 6.56. The van der Waals surface area contributed by atoms with Gasteiger partial charge in [-0.05, 0) is 27.0 Å². The molecule has 1 amide bonds. The third kappa shape index (κ3) is 4.37. The molecule has 1 saturated heterocycles. The van der Waals surface area contributed by atoms with E-state index in [0.29, 0.717) is 22.7 Å². The summed E-state index contributed by atoms with van der Waals surface area (Å²) in [6, 6.07) is 13.6. The summed E-state index contributed by atoms with van der Waals surface area (Å²) in [4.78, 5) is 26.4. The van der Waals surface area contributed by atoms with E-state index in [2.05, 4.69) is 27.0 Å². The molecule has 1 aliphatic rings. The fraction of sp³-hybridized carbons (Fsp3) is 0.333. The Labute approximate surface area is 210 Å². The number of amides is 1. The fourth-order valence-corrected chi connectivity index (χ4v) is 5.08. The van der Waals surface area contributed by atoms with E-state index in [1.807, 2.05) is 57.4 Å². The summed E-state index contributed by atoms with van der Waals surface area (Å²) in [5.74, 6) is 0.763. The molecular formula is C27H30N6O3. The molecule has 0 radical (unpaired) electrons. The number of carbonyl (C=O) groups is 1. The van der Waals surface area contributed by atoms with Crippen molar-refractivity contribution < 1.29 is 14.3 Å². The predicted molar refractivity (Wildman–Crippen MR) is 138 cm³/mol. The van der Waals surface area contributed by atoms with E-state index < -0.39 is 6.09 Å². The Balaban J connectivity index is 1.58. The van der Waals surface area contributed by atoms with Crippen LogP contribution in [0.5, 0.6) is 11.5 Å². The first-order valence-corrected chi connectivity index (χ1v) is 12.0. The van der Waals surface area contributed by atoms with Crippen LogP contribution in [0.1, 0.15) is 13.8 Å². The molecule has 9 heteroatoms. The quantitative estimate of drug-likeness (QED) is 0.427. The van der Waals surface area contributed by atoms with Gasteiger partial charge in [-0.1, -0.05) is 30.3 Å². The van der Waals surface area contributed by atoms with Crippen molar-refractivity contribution in [3.8, 4) is 34.0 Å². The zero-order valence-electron chi connectivity index (χ0n) is 21.2. The lowest BCUT2D eigenvalue weighted by molar-refractivity contribution is 0.0552. The fourth-order valence-electron chi connectivity index (χ4n) is 5.08. The maximum absolute atomic E-state index is 13.3. The average molecular weight is 487 g/mol. The summed E-state index contributed by atoms with van der Waals surface area (Å²) in [6.07, 6.45) is 3.07. The van der Waals surface area contributed by atoms with Crippen molar-refractivity contribution in [2.75, 3.05) is 27.2 Å². The van der Waals surface area contributed by atoms with Crippen molar-refractivity contribution >= 4 is 17.0 Å². The molecule has 0 N–H and O–H groups in total. The number of methoxy groups -OCH3 is 1. The van der Waals surface area contributed by atoms with Gasteiger partial charge in [-0.15, -0.1) is 0 Å². The van der Waals surface area contributed by atoms with Gasteiger partial charge in [0.25, 0.3) is 0 Å². The highest BCUT2D eigenvalue weighted by Gasteiger charge is 2.33. The Hall–Kier alpha value is -3.98. The van der Waals surface area contributed by atoms with Gasteiger partial charge >= 0.3 is 6.09 Å². The second-order valence-corrected chi connectivity index (χ2v) is 9.37. The zero-order valence-corrected chi connectivity index (χ0v) is 21.2. The van der Waals surface area contributed by atoms with Crippen molar-refractivity contribution in [1.82, 2.24) is 29.5 Å². The number of aryl methyl sites for hydroxylation is 1. The second-order valence-electron chi connectivity index (χ2n) is 9.37. The number of ether oxygens (including phenoxy) is 2. The van der Waals surface area contributed by atoms with Gasteiger partial charge in [0.2, 0.25) is 0 Å². The molecule has 5 rings (SSSR count). The number of benzene rings is 2. The second kappa shape index (κ2) is 9.58. The molecule has 9 nitrogen and oxygen atoms in total. The van der Waals surface area contributed by atoms with Gasteiger partial charge in [-0.25, -0.2) is 14.8 Å². The van der Waals surface area contributed by atoms with Gasteiger partial charge in [0.1, 0.15) is 12.0 Å². The maximum Gasteiger partial charge on any atom is 0.415 e. The standard InChI is InChI=1S/C27H30N6O3/c1-17-13-31(3)14-18(2)33(17)27(34)36-24-11-20-22(12-23(24)35-5)28-16-29-26(20)21-15-32(4)30-25(21)19-9-7-6-8-10-19/h6-12,15-18H,13-14H2,1-5H3/t17-,18-/m1/s1. The first-order chi connectivity index (χ1) is 17.4. The zero-order chi connectivity index (χ0) is 25.4. The van der Waals surface area contributed by atoms with E-state index in [1.54, 1.807) is 28.8 Å². The number of rotatable bonds is 4. The summed E-state index contributed by atoms with van der Waals surface area (Å²) in [5, 5.41) is 5.43. The number of hydrogen-bond acceptors (Lipinski definition) is 7. The monoisotopic (exact) mass is 486 g/mol. The summed E-state index contributed by atoms with van der Waals surface area (Å²) in [7, 11) is 5.50. The average Bonchev–Trinajstić information content (AvgIpc) is 3.24. The smallest absolute Gasteiger partial charge is 0.415 e. The molecule has 2 aromatic heterocycles. The van der Waals surface area contributed by atoms with Crippen molar-refractivity contribution in [2.45, 2.75) is 25.9 Å². The number of likely N-dealkylation sites (N-methyl/N-ethyl adjacent to an activating group) is 1. The van der Waals surface area contributed by atoms with Crippen LogP contribution in [-0.4, -0.2) is 75.0 Å². The van der Waals surface area contributed by atoms with Crippen LogP contribution in [0.2, 0.25) is 0 Å². The topological polar surface area (TPSA) is 85.6 Å². The molecule has 0 aliphatic carbocycles. The minimum atomic E-state index is -0.398. The Morgan fingerprint density at radius 3 is 2.39 bits per heavy atom. The van der Waals surface area contributed by atoms with E-state index in [1.165, 1.54) is 6.33 Å². The van der Waals surface area contributed by atoms with Gasteiger partial charge in [-0.3, -0.25) is 9.58 Å². The Kier molecular flexibility index (Phi) is 6.32. The molecule has 4 aromatic rings. The number of fused-ring (bicyclic) bond motifs is 1. The number of piperazine rings is 1. The summed E-state index contributed by atoms with van der Waals surface area (Å²) < 4.78 is 13.3. The van der Waals surface area contributed by atoms with Crippen LogP contribution in [0.25, 0.3) is 33.4 Å². The van der Waals surface area contributed by atoms with Gasteiger partial charge < -0.3 is 14.4 Å². The minimum absolute atomic E-state index is 0.0282. The molecule has 36 heavy (non-hydrogen) atoms. The van der Waals surface area contributed by atoms with E-state index in [-0.39, 0.29) is 12.1 Å².